The first-order valence-electron chi connectivity index (χ1n) is 8.18. The Labute approximate surface area is 173 Å². The zero-order chi connectivity index (χ0) is 16.2. The number of anilines is 1. The Morgan fingerprint density at radius 2 is 1.56 bits per heavy atom. The molecule has 1 N–H and O–H groups in total. The van der Waals surface area contributed by atoms with Gasteiger partial charge in [-0.05, 0) is 0 Å². The first-order valence-corrected chi connectivity index (χ1v) is 9.86. The standard InChI is InChI=1S/C15H17.C6H6N.2ClH.Ti/c1-4-13-7-5-6-8-14(13)15-10-11(2)9-12(15)3;7-6-4-2-1-3-5-6;;;/h4-9H,10H2,1-3H3;1-5,7H;2*1H;/q;-1;;;+1. The Balaban J connectivity index is 0.00000156. The number of allylic oxidation sites excluding steroid dienone is 4. The zero-order valence-corrected chi connectivity index (χ0v) is 18.1. The van der Waals surface area contributed by atoms with Crippen LogP contribution < -0.4 is 3.80 Å². The predicted molar refractivity (Wildman–Crippen MR) is 110 cm³/mol. The fourth-order valence-corrected chi connectivity index (χ4v) is 4.67. The number of rotatable bonds is 5. The molecule has 0 heterocycles. The first kappa shape index (κ1) is 22.1. The van der Waals surface area contributed by atoms with Crippen LogP contribution in [0.3, 0.4) is 0 Å². The van der Waals surface area contributed by atoms with Crippen molar-refractivity contribution in [1.82, 2.24) is 0 Å². The molecule has 0 aliphatic heterocycles. The van der Waals surface area contributed by atoms with E-state index in [1.54, 1.807) is 0 Å². The van der Waals surface area contributed by atoms with Crippen LogP contribution >= 0.6 is 24.8 Å². The summed E-state index contributed by atoms with van der Waals surface area (Å²) in [5, 5.41) is 0. The van der Waals surface area contributed by atoms with Gasteiger partial charge in [0.15, 0.2) is 0 Å². The van der Waals surface area contributed by atoms with Gasteiger partial charge in [0.05, 0.1) is 0 Å². The molecule has 0 saturated carbocycles. The molecule has 4 heteroatoms. The molecular formula is C21H25Cl2NTi. The molecule has 132 valence electrons. The summed E-state index contributed by atoms with van der Waals surface area (Å²) in [7, 11) is 0. The second-order valence-electron chi connectivity index (χ2n) is 6.27. The van der Waals surface area contributed by atoms with Gasteiger partial charge in [0.1, 0.15) is 0 Å². The second-order valence-corrected chi connectivity index (χ2v) is 8.47. The van der Waals surface area contributed by atoms with Crippen molar-refractivity contribution in [3.8, 4) is 0 Å². The van der Waals surface area contributed by atoms with Gasteiger partial charge in [0.25, 0.3) is 0 Å². The Kier molecular flexibility index (Phi) is 9.03. The molecule has 0 radical (unpaired) electrons. The van der Waals surface area contributed by atoms with E-state index in [0.717, 1.165) is 6.42 Å². The fourth-order valence-electron chi connectivity index (χ4n) is 3.17. The van der Waals surface area contributed by atoms with Crippen molar-refractivity contribution in [2.45, 2.75) is 31.4 Å². The Hall–Kier alpha value is -0.986. The van der Waals surface area contributed by atoms with E-state index in [2.05, 4.69) is 85.2 Å². The van der Waals surface area contributed by atoms with Gasteiger partial charge in [-0.25, -0.2) is 0 Å². The first-order chi connectivity index (χ1) is 11.1. The van der Waals surface area contributed by atoms with Crippen LogP contribution in [0.1, 0.15) is 42.5 Å². The smallest absolute Gasteiger partial charge is 0.147 e. The van der Waals surface area contributed by atoms with Crippen LogP contribution in [-0.4, -0.2) is 0 Å². The molecule has 0 aromatic heterocycles. The van der Waals surface area contributed by atoms with E-state index in [9.17, 15) is 0 Å². The van der Waals surface area contributed by atoms with Gasteiger partial charge in [-0.3, -0.25) is 0 Å². The molecule has 1 atom stereocenters. The largest absolute Gasteiger partial charge is 0.147 e. The van der Waals surface area contributed by atoms with Gasteiger partial charge in [-0.2, -0.15) is 0 Å². The summed E-state index contributed by atoms with van der Waals surface area (Å²) in [5.74, 6) is 0. The van der Waals surface area contributed by atoms with E-state index in [4.69, 9.17) is 0 Å². The number of para-hydroxylation sites is 1. The average molecular weight is 410 g/mol. The van der Waals surface area contributed by atoms with Crippen LogP contribution in [-0.2, 0) is 19.4 Å². The van der Waals surface area contributed by atoms with Gasteiger partial charge in [-0.1, -0.05) is 0 Å². The van der Waals surface area contributed by atoms with Crippen molar-refractivity contribution in [3.63, 3.8) is 0 Å². The molecule has 2 aromatic carbocycles. The van der Waals surface area contributed by atoms with Crippen LogP contribution in [0.15, 0.2) is 71.8 Å². The predicted octanol–water partition coefficient (Wildman–Crippen LogP) is 6.82. The van der Waals surface area contributed by atoms with Crippen LogP contribution in [0, 0.1) is 0 Å². The van der Waals surface area contributed by atoms with Gasteiger partial charge < -0.3 is 0 Å². The van der Waals surface area contributed by atoms with Crippen molar-refractivity contribution in [3.05, 3.63) is 82.9 Å². The van der Waals surface area contributed by atoms with E-state index < -0.39 is 0 Å². The van der Waals surface area contributed by atoms with Crippen molar-refractivity contribution >= 4 is 36.1 Å². The van der Waals surface area contributed by atoms with E-state index >= 15 is 0 Å². The number of hydrogen-bond donors (Lipinski definition) is 1. The topological polar surface area (TPSA) is 12.0 Å². The van der Waals surface area contributed by atoms with Crippen LogP contribution in [0.2, 0.25) is 0 Å². The number of hydrogen-bond acceptors (Lipinski definition) is 1. The second kappa shape index (κ2) is 10.2. The fraction of sp³-hybridized carbons (Fsp3) is 0.238. The molecule has 25 heavy (non-hydrogen) atoms. The molecular weight excluding hydrogens is 385 g/mol. The van der Waals surface area contributed by atoms with Gasteiger partial charge in [0.2, 0.25) is 0 Å². The maximum Gasteiger partial charge on any atom is -0.147 e. The molecule has 0 saturated heterocycles. The third-order valence-corrected chi connectivity index (χ3v) is 6.19. The Morgan fingerprint density at radius 3 is 2.20 bits per heavy atom. The van der Waals surface area contributed by atoms with Crippen molar-refractivity contribution in [1.29, 1.82) is 0 Å². The number of halogens is 2. The monoisotopic (exact) mass is 409 g/mol. The molecule has 0 fully saturated rings. The molecule has 0 spiro atoms. The summed E-state index contributed by atoms with van der Waals surface area (Å²) >= 11 is -0.291. The molecule has 1 unspecified atom stereocenters. The number of benzene rings is 2. The quantitative estimate of drug-likeness (QED) is 0.533. The summed E-state index contributed by atoms with van der Waals surface area (Å²) in [4.78, 5) is 0. The zero-order valence-electron chi connectivity index (χ0n) is 14.9. The molecule has 0 amide bonds. The maximum atomic E-state index is 3.68. The summed E-state index contributed by atoms with van der Waals surface area (Å²) < 4.78 is 4.27. The summed E-state index contributed by atoms with van der Waals surface area (Å²) in [6.45, 7) is 6.83. The van der Waals surface area contributed by atoms with Crippen molar-refractivity contribution < 1.29 is 19.4 Å². The van der Waals surface area contributed by atoms with E-state index in [-0.39, 0.29) is 44.2 Å². The molecule has 1 aliphatic rings. The Morgan fingerprint density at radius 1 is 0.920 bits per heavy atom. The maximum absolute atomic E-state index is 3.68. The SMILES string of the molecule is CC1=CC(C)=C(c2ccccc2[CH](C)[Ti][NH]c2ccccc2)C1.Cl.Cl. The van der Waals surface area contributed by atoms with Gasteiger partial charge >= 0.3 is 149 Å². The molecule has 0 bridgehead atoms. The van der Waals surface area contributed by atoms with Crippen LogP contribution in [0.5, 0.6) is 0 Å². The van der Waals surface area contributed by atoms with Crippen LogP contribution in [0.4, 0.5) is 5.69 Å². The van der Waals surface area contributed by atoms with E-state index in [0.29, 0.717) is 4.22 Å². The minimum absolute atomic E-state index is 0. The van der Waals surface area contributed by atoms with Crippen molar-refractivity contribution in [2.24, 2.45) is 0 Å². The van der Waals surface area contributed by atoms with Gasteiger partial charge in [-0.15, -0.1) is 24.8 Å². The normalized spacial score (nSPS) is 14.1. The van der Waals surface area contributed by atoms with E-state index in [1.165, 1.54) is 33.5 Å². The third kappa shape index (κ3) is 5.49. The summed E-state index contributed by atoms with van der Waals surface area (Å²) in [6, 6.07) is 19.5. The number of nitrogens with one attached hydrogen (secondary N) is 1. The summed E-state index contributed by atoms with van der Waals surface area (Å²) in [6.07, 6.45) is 3.43. The van der Waals surface area contributed by atoms with Crippen molar-refractivity contribution in [2.75, 3.05) is 3.80 Å². The molecule has 1 aliphatic carbocycles. The Bertz CT molecular complexity index is 754. The third-order valence-electron chi connectivity index (χ3n) is 4.35. The molecule has 3 rings (SSSR count). The minimum atomic E-state index is -0.291. The molecule has 2 aromatic rings. The van der Waals surface area contributed by atoms with Crippen LogP contribution in [0.25, 0.3) is 5.57 Å². The van der Waals surface area contributed by atoms with Gasteiger partial charge in [0, 0.05) is 0 Å². The van der Waals surface area contributed by atoms with E-state index in [1.807, 2.05) is 0 Å². The average Bonchev–Trinajstić information content (AvgIpc) is 2.92. The molecule has 1 nitrogen and oxygen atoms in total. The summed E-state index contributed by atoms with van der Waals surface area (Å²) in [5.41, 5.74) is 8.59. The minimum Gasteiger partial charge on any atom is -0.147 e.